The van der Waals surface area contributed by atoms with Gasteiger partial charge in [0.1, 0.15) is 5.75 Å². The molecule has 2 heteroatoms. The van der Waals surface area contributed by atoms with Crippen LogP contribution in [0.2, 0.25) is 0 Å². The molecule has 1 N–H and O–H groups in total. The highest BCUT2D eigenvalue weighted by molar-refractivity contribution is 6.04. The van der Waals surface area contributed by atoms with Crippen molar-refractivity contribution in [2.24, 2.45) is 0 Å². The fraction of sp³-hybridized carbons (Fsp3) is 0.0952. The summed E-state index contributed by atoms with van der Waals surface area (Å²) >= 11 is 0. The topological polar surface area (TPSA) is 37.3 Å². The van der Waals surface area contributed by atoms with Crippen molar-refractivity contribution in [3.63, 3.8) is 0 Å². The summed E-state index contributed by atoms with van der Waals surface area (Å²) in [5.74, 6) is 0.201. The first-order chi connectivity index (χ1) is 11.2. The standard InChI is InChI=1S/C21H18O2/c22-19(17-9-3-1-4-10-17)13-16-21(14-7-2-8-15-21)18-11-5-6-12-20(18)23/h1-14,16,23H,15H2/b16-13+. The van der Waals surface area contributed by atoms with E-state index in [1.54, 1.807) is 30.3 Å². The maximum atomic E-state index is 12.4. The third-order valence-corrected chi connectivity index (χ3v) is 4.09. The van der Waals surface area contributed by atoms with Crippen molar-refractivity contribution in [1.29, 1.82) is 0 Å². The predicted molar refractivity (Wildman–Crippen MR) is 92.6 cm³/mol. The largest absolute Gasteiger partial charge is 0.508 e. The summed E-state index contributed by atoms with van der Waals surface area (Å²) in [6.07, 6.45) is 12.2. The average Bonchev–Trinajstić information content (AvgIpc) is 2.61. The van der Waals surface area contributed by atoms with E-state index in [-0.39, 0.29) is 11.5 Å². The zero-order chi connectivity index (χ0) is 16.1. The Kier molecular flexibility index (Phi) is 4.24. The van der Waals surface area contributed by atoms with Gasteiger partial charge in [-0.3, -0.25) is 4.79 Å². The third kappa shape index (κ3) is 3.16. The smallest absolute Gasteiger partial charge is 0.185 e. The second-order valence-electron chi connectivity index (χ2n) is 5.61. The Bertz CT molecular complexity index is 784. The van der Waals surface area contributed by atoms with Crippen molar-refractivity contribution in [2.45, 2.75) is 11.8 Å². The van der Waals surface area contributed by atoms with Gasteiger partial charge in [0.05, 0.1) is 0 Å². The highest BCUT2D eigenvalue weighted by Gasteiger charge is 2.29. The Balaban J connectivity index is 1.97. The van der Waals surface area contributed by atoms with Gasteiger partial charge in [0.25, 0.3) is 0 Å². The zero-order valence-electron chi connectivity index (χ0n) is 12.7. The van der Waals surface area contributed by atoms with Crippen LogP contribution < -0.4 is 0 Å². The predicted octanol–water partition coefficient (Wildman–Crippen LogP) is 4.59. The molecule has 0 aliphatic heterocycles. The van der Waals surface area contributed by atoms with Crippen LogP contribution in [-0.4, -0.2) is 10.9 Å². The summed E-state index contributed by atoms with van der Waals surface area (Å²) < 4.78 is 0. The Morgan fingerprint density at radius 1 is 1.00 bits per heavy atom. The van der Waals surface area contributed by atoms with Crippen molar-refractivity contribution in [2.75, 3.05) is 0 Å². The molecule has 0 spiro atoms. The van der Waals surface area contributed by atoms with Gasteiger partial charge < -0.3 is 5.11 Å². The first-order valence-electron chi connectivity index (χ1n) is 7.63. The molecule has 0 heterocycles. The lowest BCUT2D eigenvalue weighted by molar-refractivity contribution is 0.104. The third-order valence-electron chi connectivity index (χ3n) is 4.09. The number of para-hydroxylation sites is 1. The highest BCUT2D eigenvalue weighted by atomic mass is 16.3. The van der Waals surface area contributed by atoms with E-state index < -0.39 is 5.41 Å². The maximum Gasteiger partial charge on any atom is 0.185 e. The molecule has 0 fully saturated rings. The summed E-state index contributed by atoms with van der Waals surface area (Å²) in [6.45, 7) is 0. The fourth-order valence-electron chi connectivity index (χ4n) is 2.84. The molecule has 0 bridgehead atoms. The monoisotopic (exact) mass is 302 g/mol. The number of rotatable bonds is 4. The Labute approximate surface area is 136 Å². The first kappa shape index (κ1) is 15.0. The number of ketones is 1. The van der Waals surface area contributed by atoms with Gasteiger partial charge in [-0.05, 0) is 18.6 Å². The van der Waals surface area contributed by atoms with Crippen molar-refractivity contribution in [3.8, 4) is 5.75 Å². The quantitative estimate of drug-likeness (QED) is 0.663. The Hall–Kier alpha value is -2.87. The molecule has 0 saturated carbocycles. The van der Waals surface area contributed by atoms with E-state index in [9.17, 15) is 9.90 Å². The van der Waals surface area contributed by atoms with Crippen molar-refractivity contribution in [3.05, 3.63) is 102 Å². The van der Waals surface area contributed by atoms with Gasteiger partial charge in [-0.1, -0.05) is 78.9 Å². The van der Waals surface area contributed by atoms with Gasteiger partial charge in [-0.15, -0.1) is 0 Å². The fourth-order valence-corrected chi connectivity index (χ4v) is 2.84. The van der Waals surface area contributed by atoms with E-state index in [4.69, 9.17) is 0 Å². The lowest BCUT2D eigenvalue weighted by Gasteiger charge is -2.29. The van der Waals surface area contributed by atoms with E-state index in [0.717, 1.165) is 5.56 Å². The molecule has 0 amide bonds. The van der Waals surface area contributed by atoms with Crippen molar-refractivity contribution >= 4 is 5.78 Å². The van der Waals surface area contributed by atoms with E-state index in [2.05, 4.69) is 0 Å². The molecule has 1 unspecified atom stereocenters. The number of hydrogen-bond acceptors (Lipinski definition) is 2. The van der Waals surface area contributed by atoms with Crippen LogP contribution in [0.25, 0.3) is 0 Å². The van der Waals surface area contributed by atoms with Crippen LogP contribution in [0.5, 0.6) is 5.75 Å². The molecular formula is C21H18O2. The normalized spacial score (nSPS) is 20.0. The molecule has 23 heavy (non-hydrogen) atoms. The number of phenolic OH excluding ortho intramolecular Hbond substituents is 1. The minimum atomic E-state index is -0.496. The van der Waals surface area contributed by atoms with Crippen LogP contribution in [0.4, 0.5) is 0 Å². The molecule has 0 aromatic heterocycles. The van der Waals surface area contributed by atoms with E-state index in [0.29, 0.717) is 12.0 Å². The van der Waals surface area contributed by atoms with E-state index in [1.807, 2.05) is 60.7 Å². The zero-order valence-corrected chi connectivity index (χ0v) is 12.7. The summed E-state index contributed by atoms with van der Waals surface area (Å²) in [7, 11) is 0. The summed E-state index contributed by atoms with van der Waals surface area (Å²) in [4.78, 5) is 12.4. The summed E-state index contributed by atoms with van der Waals surface area (Å²) in [5, 5.41) is 10.2. The lowest BCUT2D eigenvalue weighted by Crippen LogP contribution is -2.22. The molecule has 1 aliphatic rings. The summed E-state index contributed by atoms with van der Waals surface area (Å²) in [6, 6.07) is 16.5. The van der Waals surface area contributed by atoms with Crippen LogP contribution in [0, 0.1) is 0 Å². The minimum absolute atomic E-state index is 0.0386. The van der Waals surface area contributed by atoms with Crippen LogP contribution in [-0.2, 0) is 5.41 Å². The molecule has 1 aliphatic carbocycles. The van der Waals surface area contributed by atoms with Gasteiger partial charge >= 0.3 is 0 Å². The van der Waals surface area contributed by atoms with Gasteiger partial charge in [0, 0.05) is 16.5 Å². The molecule has 0 saturated heterocycles. The maximum absolute atomic E-state index is 12.4. The Morgan fingerprint density at radius 3 is 2.43 bits per heavy atom. The second-order valence-corrected chi connectivity index (χ2v) is 5.61. The van der Waals surface area contributed by atoms with E-state index >= 15 is 0 Å². The number of hydrogen-bond donors (Lipinski definition) is 1. The lowest BCUT2D eigenvalue weighted by atomic mass is 9.74. The number of carbonyl (C=O) groups excluding carboxylic acids is 1. The number of carbonyl (C=O) groups is 1. The van der Waals surface area contributed by atoms with Crippen molar-refractivity contribution < 1.29 is 9.90 Å². The first-order valence-corrected chi connectivity index (χ1v) is 7.63. The molecule has 2 nitrogen and oxygen atoms in total. The molecule has 3 rings (SSSR count). The summed E-state index contributed by atoms with van der Waals surface area (Å²) in [5.41, 5.74) is 0.967. The van der Waals surface area contributed by atoms with Gasteiger partial charge in [0.2, 0.25) is 0 Å². The highest BCUT2D eigenvalue weighted by Crippen LogP contribution is 2.39. The Morgan fingerprint density at radius 2 is 1.74 bits per heavy atom. The van der Waals surface area contributed by atoms with Crippen LogP contribution in [0.15, 0.2) is 91.1 Å². The number of phenols is 1. The molecule has 2 aromatic carbocycles. The van der Waals surface area contributed by atoms with Crippen LogP contribution >= 0.6 is 0 Å². The molecule has 114 valence electrons. The van der Waals surface area contributed by atoms with Crippen LogP contribution in [0.3, 0.4) is 0 Å². The van der Waals surface area contributed by atoms with Gasteiger partial charge in [0.15, 0.2) is 5.78 Å². The van der Waals surface area contributed by atoms with Crippen molar-refractivity contribution in [1.82, 2.24) is 0 Å². The second kappa shape index (κ2) is 6.49. The van der Waals surface area contributed by atoms with Gasteiger partial charge in [-0.25, -0.2) is 0 Å². The molecule has 2 aromatic rings. The number of aromatic hydroxyl groups is 1. The molecule has 1 atom stereocenters. The van der Waals surface area contributed by atoms with Gasteiger partial charge in [-0.2, -0.15) is 0 Å². The average molecular weight is 302 g/mol. The molecule has 0 radical (unpaired) electrons. The number of benzene rings is 2. The molecular weight excluding hydrogens is 284 g/mol. The number of allylic oxidation sites excluding steroid dienone is 6. The van der Waals surface area contributed by atoms with Crippen LogP contribution in [0.1, 0.15) is 22.3 Å². The SMILES string of the molecule is O=C(/C=C/C1(c2ccccc2O)C=CC=CC1)c1ccccc1. The minimum Gasteiger partial charge on any atom is -0.508 e. The van der Waals surface area contributed by atoms with E-state index in [1.165, 1.54) is 0 Å².